The van der Waals surface area contributed by atoms with Gasteiger partial charge in [-0.05, 0) is 23.3 Å². The first-order chi connectivity index (χ1) is 14.0. The zero-order valence-corrected chi connectivity index (χ0v) is 15.4. The predicted octanol–water partition coefficient (Wildman–Crippen LogP) is 6.16. The maximum absolute atomic E-state index is 14.4. The lowest BCUT2D eigenvalue weighted by atomic mass is 10.00. The Morgan fingerprint density at radius 1 is 0.828 bits per heavy atom. The molecule has 1 aliphatic rings. The van der Waals surface area contributed by atoms with Crippen molar-refractivity contribution < 1.29 is 27.0 Å². The van der Waals surface area contributed by atoms with E-state index in [0.717, 1.165) is 0 Å². The Morgan fingerprint density at radius 3 is 2.21 bits per heavy atom. The minimum atomic E-state index is -1.05. The van der Waals surface area contributed by atoms with E-state index < -0.39 is 23.3 Å². The van der Waals surface area contributed by atoms with Gasteiger partial charge in [-0.2, -0.15) is 4.39 Å². The molecule has 3 aromatic carbocycles. The van der Waals surface area contributed by atoms with E-state index in [9.17, 15) is 17.6 Å². The summed E-state index contributed by atoms with van der Waals surface area (Å²) in [6, 6.07) is 12.4. The van der Waals surface area contributed by atoms with Gasteiger partial charge in [0, 0.05) is 16.7 Å². The number of rotatable bonds is 5. The molecule has 0 bridgehead atoms. The number of hydrogen-bond donors (Lipinski definition) is 0. The SMILES string of the molecule is COc1ccc(/C=C/c2ccc(-c3ccc(C4CO4)c(F)c3F)cc2)c(F)c1F. The largest absolute Gasteiger partial charge is 0.494 e. The molecule has 0 N–H and O–H groups in total. The van der Waals surface area contributed by atoms with Crippen molar-refractivity contribution in [2.75, 3.05) is 13.7 Å². The summed E-state index contributed by atoms with van der Waals surface area (Å²) in [4.78, 5) is 0. The number of hydrogen-bond acceptors (Lipinski definition) is 2. The summed E-state index contributed by atoms with van der Waals surface area (Å²) in [6.45, 7) is 0.398. The highest BCUT2D eigenvalue weighted by Crippen LogP contribution is 2.35. The van der Waals surface area contributed by atoms with Crippen molar-refractivity contribution in [1.82, 2.24) is 0 Å². The van der Waals surface area contributed by atoms with Crippen LogP contribution in [0.25, 0.3) is 23.3 Å². The van der Waals surface area contributed by atoms with Crippen LogP contribution in [0.2, 0.25) is 0 Å². The molecule has 1 saturated heterocycles. The highest BCUT2D eigenvalue weighted by Gasteiger charge is 2.30. The van der Waals surface area contributed by atoms with Crippen molar-refractivity contribution in [2.45, 2.75) is 6.10 Å². The van der Waals surface area contributed by atoms with Gasteiger partial charge in [0.1, 0.15) is 6.10 Å². The highest BCUT2D eigenvalue weighted by atomic mass is 19.2. The molecule has 4 rings (SSSR count). The van der Waals surface area contributed by atoms with Gasteiger partial charge in [-0.25, -0.2) is 13.2 Å². The molecule has 1 unspecified atom stereocenters. The van der Waals surface area contributed by atoms with Gasteiger partial charge in [0.15, 0.2) is 23.2 Å². The van der Waals surface area contributed by atoms with Crippen molar-refractivity contribution in [3.8, 4) is 16.9 Å². The van der Waals surface area contributed by atoms with Gasteiger partial charge in [-0.3, -0.25) is 0 Å². The fourth-order valence-corrected chi connectivity index (χ4v) is 3.06. The van der Waals surface area contributed by atoms with Crippen LogP contribution in [0.1, 0.15) is 22.8 Å². The van der Waals surface area contributed by atoms with Gasteiger partial charge in [0.25, 0.3) is 0 Å². The molecule has 2 nitrogen and oxygen atoms in total. The van der Waals surface area contributed by atoms with Gasteiger partial charge < -0.3 is 9.47 Å². The lowest BCUT2D eigenvalue weighted by Crippen LogP contribution is -1.96. The Bertz CT molecular complexity index is 1090. The minimum absolute atomic E-state index is 0.0679. The Balaban J connectivity index is 1.57. The van der Waals surface area contributed by atoms with Crippen LogP contribution in [0.4, 0.5) is 17.6 Å². The Morgan fingerprint density at radius 2 is 1.55 bits per heavy atom. The maximum Gasteiger partial charge on any atom is 0.201 e. The predicted molar refractivity (Wildman–Crippen MR) is 102 cm³/mol. The standard InChI is InChI=1S/C23H16F4O2/c1-28-18-11-8-15(20(24)23(18)27)7-4-13-2-5-14(6-3-13)16-9-10-17(19-12-29-19)22(26)21(16)25/h2-11,19H,12H2,1H3/b7-4+. The molecule has 0 spiro atoms. The summed E-state index contributed by atoms with van der Waals surface area (Å²) >= 11 is 0. The molecule has 6 heteroatoms. The molecule has 0 aromatic heterocycles. The van der Waals surface area contributed by atoms with Crippen LogP contribution in [0.5, 0.6) is 5.75 Å². The molecule has 1 fully saturated rings. The van der Waals surface area contributed by atoms with E-state index in [1.807, 2.05) is 0 Å². The molecule has 0 amide bonds. The second kappa shape index (κ2) is 7.72. The second-order valence-corrected chi connectivity index (χ2v) is 6.59. The lowest BCUT2D eigenvalue weighted by Gasteiger charge is -2.08. The van der Waals surface area contributed by atoms with Crippen molar-refractivity contribution in [2.24, 2.45) is 0 Å². The molecule has 29 heavy (non-hydrogen) atoms. The topological polar surface area (TPSA) is 21.8 Å². The molecular formula is C23H16F4O2. The van der Waals surface area contributed by atoms with Gasteiger partial charge >= 0.3 is 0 Å². The number of halogens is 4. The van der Waals surface area contributed by atoms with Gasteiger partial charge in [-0.15, -0.1) is 0 Å². The van der Waals surface area contributed by atoms with E-state index in [1.54, 1.807) is 30.3 Å². The third-order valence-electron chi connectivity index (χ3n) is 4.77. The Hall–Kier alpha value is -3.12. The Kier molecular flexibility index (Phi) is 5.11. The smallest absolute Gasteiger partial charge is 0.201 e. The van der Waals surface area contributed by atoms with Crippen molar-refractivity contribution in [1.29, 1.82) is 0 Å². The Labute approximate surface area is 165 Å². The normalized spacial score (nSPS) is 15.7. The fraction of sp³-hybridized carbons (Fsp3) is 0.130. The molecule has 1 atom stereocenters. The summed E-state index contributed by atoms with van der Waals surface area (Å²) in [5.74, 6) is -4.04. The first kappa shape index (κ1) is 19.2. The summed E-state index contributed by atoms with van der Waals surface area (Å²) in [5.41, 5.74) is 1.63. The molecular weight excluding hydrogens is 384 g/mol. The number of ether oxygens (including phenoxy) is 2. The van der Waals surface area contributed by atoms with Crippen LogP contribution in [0.3, 0.4) is 0 Å². The molecule has 0 saturated carbocycles. The summed E-state index contributed by atoms with van der Waals surface area (Å²) in [7, 11) is 1.26. The average molecular weight is 400 g/mol. The van der Waals surface area contributed by atoms with E-state index in [2.05, 4.69) is 0 Å². The minimum Gasteiger partial charge on any atom is -0.494 e. The fourth-order valence-electron chi connectivity index (χ4n) is 3.06. The summed E-state index contributed by atoms with van der Waals surface area (Å²) < 4.78 is 66.2. The van der Waals surface area contributed by atoms with Crippen LogP contribution in [0, 0.1) is 23.3 Å². The molecule has 0 radical (unpaired) electrons. The first-order valence-electron chi connectivity index (χ1n) is 8.89. The van der Waals surface area contributed by atoms with Gasteiger partial charge in [-0.1, -0.05) is 48.6 Å². The zero-order chi connectivity index (χ0) is 20.5. The summed E-state index contributed by atoms with van der Waals surface area (Å²) in [6.07, 6.45) is 2.66. The van der Waals surface area contributed by atoms with Gasteiger partial charge in [0.2, 0.25) is 5.82 Å². The molecule has 148 valence electrons. The molecule has 0 aliphatic carbocycles. The van der Waals surface area contributed by atoms with E-state index in [-0.39, 0.29) is 28.5 Å². The summed E-state index contributed by atoms with van der Waals surface area (Å²) in [5, 5.41) is 0. The van der Waals surface area contributed by atoms with Crippen molar-refractivity contribution in [3.63, 3.8) is 0 Å². The van der Waals surface area contributed by atoms with Crippen LogP contribution in [0.15, 0.2) is 48.5 Å². The number of epoxide rings is 1. The van der Waals surface area contributed by atoms with Crippen LogP contribution >= 0.6 is 0 Å². The lowest BCUT2D eigenvalue weighted by molar-refractivity contribution is 0.371. The van der Waals surface area contributed by atoms with Crippen LogP contribution < -0.4 is 4.74 Å². The second-order valence-electron chi connectivity index (χ2n) is 6.59. The van der Waals surface area contributed by atoms with Crippen molar-refractivity contribution >= 4 is 12.2 Å². The first-order valence-corrected chi connectivity index (χ1v) is 8.89. The zero-order valence-electron chi connectivity index (χ0n) is 15.4. The number of benzene rings is 3. The van der Waals surface area contributed by atoms with Crippen LogP contribution in [-0.4, -0.2) is 13.7 Å². The molecule has 1 aliphatic heterocycles. The monoisotopic (exact) mass is 400 g/mol. The van der Waals surface area contributed by atoms with E-state index in [4.69, 9.17) is 9.47 Å². The third-order valence-corrected chi connectivity index (χ3v) is 4.77. The molecule has 3 aromatic rings. The van der Waals surface area contributed by atoms with Crippen LogP contribution in [-0.2, 0) is 4.74 Å². The number of methoxy groups -OCH3 is 1. The van der Waals surface area contributed by atoms with E-state index in [0.29, 0.717) is 17.7 Å². The van der Waals surface area contributed by atoms with E-state index in [1.165, 1.54) is 37.5 Å². The quantitative estimate of drug-likeness (QED) is 0.291. The average Bonchev–Trinajstić information content (AvgIpc) is 3.57. The maximum atomic E-state index is 14.4. The van der Waals surface area contributed by atoms with E-state index >= 15 is 0 Å². The highest BCUT2D eigenvalue weighted by molar-refractivity contribution is 5.73. The van der Waals surface area contributed by atoms with Gasteiger partial charge in [0.05, 0.1) is 13.7 Å². The van der Waals surface area contributed by atoms with Crippen molar-refractivity contribution in [3.05, 3.63) is 88.5 Å². The third kappa shape index (κ3) is 3.76. The molecule has 1 heterocycles.